The molecule has 1 fully saturated rings. The maximum absolute atomic E-state index is 12.4. The Morgan fingerprint density at radius 3 is 2.85 bits per heavy atom. The molecule has 0 bridgehead atoms. The van der Waals surface area contributed by atoms with Crippen molar-refractivity contribution >= 4 is 21.4 Å². The van der Waals surface area contributed by atoms with E-state index in [1.165, 1.54) is 6.20 Å². The molecule has 0 spiro atoms. The predicted octanol–water partition coefficient (Wildman–Crippen LogP) is 1.34. The van der Waals surface area contributed by atoms with Gasteiger partial charge in [0.15, 0.2) is 21.3 Å². The van der Waals surface area contributed by atoms with Gasteiger partial charge in [0.2, 0.25) is 6.79 Å². The summed E-state index contributed by atoms with van der Waals surface area (Å²) in [5.41, 5.74) is 2.08. The number of benzene rings is 1. The number of hydrogen-bond acceptors (Lipinski definition) is 7. The number of amides is 1. The van der Waals surface area contributed by atoms with Gasteiger partial charge in [0.05, 0.1) is 22.8 Å². The highest BCUT2D eigenvalue weighted by Gasteiger charge is 2.29. The van der Waals surface area contributed by atoms with Crippen molar-refractivity contribution in [3.8, 4) is 11.5 Å². The maximum Gasteiger partial charge on any atom is 0.253 e. The Labute approximate surface area is 156 Å². The number of pyridine rings is 1. The molecule has 2 aromatic rings. The van der Waals surface area contributed by atoms with Crippen LogP contribution >= 0.6 is 0 Å². The monoisotopic (exact) mass is 389 g/mol. The second-order valence-electron chi connectivity index (χ2n) is 6.58. The highest BCUT2D eigenvalue weighted by Crippen LogP contribution is 2.32. The molecule has 27 heavy (non-hydrogen) atoms. The third-order valence-corrected chi connectivity index (χ3v) is 6.27. The van der Waals surface area contributed by atoms with E-state index >= 15 is 0 Å². The van der Waals surface area contributed by atoms with E-state index in [1.54, 1.807) is 12.3 Å². The first-order valence-electron chi connectivity index (χ1n) is 8.57. The molecule has 2 aliphatic rings. The number of nitrogens with one attached hydrogen (secondary N) is 2. The Balaban J connectivity index is 1.38. The fourth-order valence-corrected chi connectivity index (χ4v) is 4.77. The van der Waals surface area contributed by atoms with Crippen molar-refractivity contribution in [1.82, 2.24) is 10.3 Å². The molecule has 1 atom stereocenters. The lowest BCUT2D eigenvalue weighted by Crippen LogP contribution is -2.35. The minimum absolute atomic E-state index is 0.00573. The van der Waals surface area contributed by atoms with E-state index in [4.69, 9.17) is 9.47 Å². The zero-order chi connectivity index (χ0) is 18.9. The summed E-state index contributed by atoms with van der Waals surface area (Å²) >= 11 is 0. The molecular formula is C18H19N3O5S. The molecule has 1 aromatic carbocycles. The predicted molar refractivity (Wildman–Crippen MR) is 98.7 cm³/mol. The standard InChI is InChI=1S/C18H19N3O5S/c22-18(21-14-3-4-27(23,24)10-14)13-6-15(9-19-8-13)20-7-12-1-2-16-17(5-12)26-11-25-16/h1-2,5-6,8-9,14,20H,3-4,7,10-11H2,(H,21,22). The topological polar surface area (TPSA) is 107 Å². The summed E-state index contributed by atoms with van der Waals surface area (Å²) in [5.74, 6) is 1.23. The molecule has 1 unspecified atom stereocenters. The molecule has 2 aliphatic heterocycles. The van der Waals surface area contributed by atoms with Gasteiger partial charge in [-0.1, -0.05) is 6.07 Å². The van der Waals surface area contributed by atoms with E-state index in [0.717, 1.165) is 11.3 Å². The zero-order valence-electron chi connectivity index (χ0n) is 14.5. The molecule has 9 heteroatoms. The summed E-state index contributed by atoms with van der Waals surface area (Å²) in [4.78, 5) is 16.5. The molecule has 0 saturated carbocycles. The summed E-state index contributed by atoms with van der Waals surface area (Å²) in [6.07, 6.45) is 3.54. The number of sulfone groups is 1. The summed E-state index contributed by atoms with van der Waals surface area (Å²) in [7, 11) is -3.04. The van der Waals surface area contributed by atoms with Gasteiger partial charge < -0.3 is 20.1 Å². The van der Waals surface area contributed by atoms with E-state index in [2.05, 4.69) is 15.6 Å². The Morgan fingerprint density at radius 2 is 2.04 bits per heavy atom. The molecule has 0 radical (unpaired) electrons. The van der Waals surface area contributed by atoms with Crippen molar-refractivity contribution in [2.24, 2.45) is 0 Å². The van der Waals surface area contributed by atoms with Crippen molar-refractivity contribution < 1.29 is 22.7 Å². The van der Waals surface area contributed by atoms with Gasteiger partial charge in [-0.25, -0.2) is 8.42 Å². The normalized spacial score (nSPS) is 19.6. The average Bonchev–Trinajstić information content (AvgIpc) is 3.25. The second kappa shape index (κ2) is 7.07. The Bertz CT molecular complexity index is 977. The van der Waals surface area contributed by atoms with Crippen molar-refractivity contribution in [2.45, 2.75) is 19.0 Å². The van der Waals surface area contributed by atoms with E-state index in [-0.39, 0.29) is 30.2 Å². The molecule has 1 saturated heterocycles. The third-order valence-electron chi connectivity index (χ3n) is 4.50. The minimum atomic E-state index is -3.04. The van der Waals surface area contributed by atoms with Crippen LogP contribution in [0.25, 0.3) is 0 Å². The Kier molecular flexibility index (Phi) is 4.61. The lowest BCUT2D eigenvalue weighted by molar-refractivity contribution is 0.0941. The van der Waals surface area contributed by atoms with Crippen molar-refractivity contribution in [3.63, 3.8) is 0 Å². The smallest absolute Gasteiger partial charge is 0.253 e. The van der Waals surface area contributed by atoms with Crippen LogP contribution in [0.1, 0.15) is 22.3 Å². The first-order chi connectivity index (χ1) is 13.0. The van der Waals surface area contributed by atoms with Gasteiger partial charge in [-0.3, -0.25) is 9.78 Å². The van der Waals surface area contributed by atoms with Gasteiger partial charge in [0, 0.05) is 25.0 Å². The number of aromatic nitrogens is 1. The third kappa shape index (κ3) is 4.13. The Hall–Kier alpha value is -2.81. The van der Waals surface area contributed by atoms with Crippen molar-refractivity contribution in [1.29, 1.82) is 0 Å². The van der Waals surface area contributed by atoms with Gasteiger partial charge in [-0.05, 0) is 30.2 Å². The molecule has 1 amide bonds. The van der Waals surface area contributed by atoms with Crippen LogP contribution in [0.5, 0.6) is 11.5 Å². The number of hydrogen-bond donors (Lipinski definition) is 2. The largest absolute Gasteiger partial charge is 0.454 e. The number of fused-ring (bicyclic) bond motifs is 1. The molecule has 8 nitrogen and oxygen atoms in total. The molecule has 1 aromatic heterocycles. The summed E-state index contributed by atoms with van der Waals surface area (Å²) < 4.78 is 33.7. The minimum Gasteiger partial charge on any atom is -0.454 e. The zero-order valence-corrected chi connectivity index (χ0v) is 15.3. The van der Waals surface area contributed by atoms with E-state index in [0.29, 0.717) is 30.0 Å². The second-order valence-corrected chi connectivity index (χ2v) is 8.81. The van der Waals surface area contributed by atoms with Crippen LogP contribution in [-0.2, 0) is 16.4 Å². The molecule has 2 N–H and O–H groups in total. The van der Waals surface area contributed by atoms with Gasteiger partial charge in [-0.2, -0.15) is 0 Å². The van der Waals surface area contributed by atoms with Gasteiger partial charge >= 0.3 is 0 Å². The number of ether oxygens (including phenoxy) is 2. The fourth-order valence-electron chi connectivity index (χ4n) is 3.09. The number of carbonyl (C=O) groups is 1. The van der Waals surface area contributed by atoms with E-state index < -0.39 is 9.84 Å². The highest BCUT2D eigenvalue weighted by atomic mass is 32.2. The first-order valence-corrected chi connectivity index (χ1v) is 10.4. The van der Waals surface area contributed by atoms with Crippen molar-refractivity contribution in [3.05, 3.63) is 47.8 Å². The first kappa shape index (κ1) is 17.6. The summed E-state index contributed by atoms with van der Waals surface area (Å²) in [6, 6.07) is 7.05. The van der Waals surface area contributed by atoms with E-state index in [9.17, 15) is 13.2 Å². The van der Waals surface area contributed by atoms with E-state index in [1.807, 2.05) is 18.2 Å². The van der Waals surface area contributed by atoms with Crippen LogP contribution in [-0.4, -0.2) is 43.6 Å². The van der Waals surface area contributed by atoms with Gasteiger partial charge in [0.1, 0.15) is 0 Å². The van der Waals surface area contributed by atoms with Crippen LogP contribution in [0.4, 0.5) is 5.69 Å². The molecule has 142 valence electrons. The van der Waals surface area contributed by atoms with Gasteiger partial charge in [0.25, 0.3) is 5.91 Å². The summed E-state index contributed by atoms with van der Waals surface area (Å²) in [5, 5.41) is 5.98. The van der Waals surface area contributed by atoms with Crippen LogP contribution < -0.4 is 20.1 Å². The SMILES string of the molecule is O=C(NC1CCS(=O)(=O)C1)c1cncc(NCc2ccc3c(c2)OCO3)c1. The van der Waals surface area contributed by atoms with Crippen molar-refractivity contribution in [2.75, 3.05) is 23.6 Å². The highest BCUT2D eigenvalue weighted by molar-refractivity contribution is 7.91. The Morgan fingerprint density at radius 1 is 1.19 bits per heavy atom. The number of carbonyl (C=O) groups excluding carboxylic acids is 1. The quantitative estimate of drug-likeness (QED) is 0.795. The molecular weight excluding hydrogens is 370 g/mol. The molecule has 0 aliphatic carbocycles. The van der Waals surface area contributed by atoms with Crippen LogP contribution in [0.3, 0.4) is 0 Å². The average molecular weight is 389 g/mol. The maximum atomic E-state index is 12.4. The van der Waals surface area contributed by atoms with Gasteiger partial charge in [-0.15, -0.1) is 0 Å². The van der Waals surface area contributed by atoms with Crippen LogP contribution in [0, 0.1) is 0 Å². The molecule has 3 heterocycles. The lowest BCUT2D eigenvalue weighted by Gasteiger charge is -2.12. The van der Waals surface area contributed by atoms with Crippen LogP contribution in [0.15, 0.2) is 36.7 Å². The fraction of sp³-hybridized carbons (Fsp3) is 0.333. The van der Waals surface area contributed by atoms with Crippen LogP contribution in [0.2, 0.25) is 0 Å². The lowest BCUT2D eigenvalue weighted by atomic mass is 10.2. The summed E-state index contributed by atoms with van der Waals surface area (Å²) in [6.45, 7) is 0.764. The number of rotatable bonds is 5. The number of anilines is 1. The number of nitrogens with zero attached hydrogens (tertiary/aromatic N) is 1. The molecule has 4 rings (SSSR count).